The van der Waals surface area contributed by atoms with Gasteiger partial charge in [0.05, 0.1) is 12.0 Å². The average Bonchev–Trinajstić information content (AvgIpc) is 2.47. The Morgan fingerprint density at radius 1 is 1.40 bits per heavy atom. The van der Waals surface area contributed by atoms with Crippen LogP contribution >= 0.6 is 0 Å². The van der Waals surface area contributed by atoms with Crippen LogP contribution in [-0.4, -0.2) is 18.1 Å². The van der Waals surface area contributed by atoms with Gasteiger partial charge in [0.15, 0.2) is 5.75 Å². The van der Waals surface area contributed by atoms with Crippen molar-refractivity contribution < 1.29 is 9.66 Å². The molecule has 1 aromatic rings. The van der Waals surface area contributed by atoms with Gasteiger partial charge in [0, 0.05) is 6.04 Å². The third-order valence-corrected chi connectivity index (χ3v) is 4.18. The highest BCUT2D eigenvalue weighted by molar-refractivity contribution is 5.68. The summed E-state index contributed by atoms with van der Waals surface area (Å²) in [5.41, 5.74) is 0.607. The molecule has 1 aromatic carbocycles. The Morgan fingerprint density at radius 2 is 2.15 bits per heavy atom. The first kappa shape index (κ1) is 14.6. The standard InChI is InChI=1S/C15H22N2O3/c1-3-11-7-4-5-8-12(11)16-13-9-6-10-14(20-2)15(13)17(18)19/h6,9-12,16H,3-5,7-8H2,1-2H3. The van der Waals surface area contributed by atoms with E-state index in [2.05, 4.69) is 12.2 Å². The molecule has 110 valence electrons. The predicted molar refractivity (Wildman–Crippen MR) is 79.3 cm³/mol. The van der Waals surface area contributed by atoms with Crippen LogP contribution in [0.5, 0.6) is 5.75 Å². The largest absolute Gasteiger partial charge is 0.490 e. The molecule has 20 heavy (non-hydrogen) atoms. The van der Waals surface area contributed by atoms with Crippen LogP contribution in [0.1, 0.15) is 39.0 Å². The lowest BCUT2D eigenvalue weighted by atomic mass is 9.83. The first-order chi connectivity index (χ1) is 9.67. The van der Waals surface area contributed by atoms with Gasteiger partial charge in [-0.05, 0) is 30.9 Å². The number of nitrogens with zero attached hydrogens (tertiary/aromatic N) is 1. The number of nitrogens with one attached hydrogen (secondary N) is 1. The Bertz CT molecular complexity index is 476. The van der Waals surface area contributed by atoms with Crippen LogP contribution in [-0.2, 0) is 0 Å². The van der Waals surface area contributed by atoms with Gasteiger partial charge in [0.2, 0.25) is 0 Å². The van der Waals surface area contributed by atoms with E-state index in [9.17, 15) is 10.1 Å². The van der Waals surface area contributed by atoms with Crippen molar-refractivity contribution in [2.75, 3.05) is 12.4 Å². The Kier molecular flexibility index (Phi) is 4.82. The summed E-state index contributed by atoms with van der Waals surface area (Å²) < 4.78 is 5.11. The van der Waals surface area contributed by atoms with Crippen molar-refractivity contribution >= 4 is 11.4 Å². The smallest absolute Gasteiger partial charge is 0.333 e. The van der Waals surface area contributed by atoms with Crippen LogP contribution in [0.3, 0.4) is 0 Å². The molecule has 2 atom stereocenters. The van der Waals surface area contributed by atoms with Crippen molar-refractivity contribution in [2.24, 2.45) is 5.92 Å². The number of para-hydroxylation sites is 1. The zero-order chi connectivity index (χ0) is 14.5. The molecule has 1 fully saturated rings. The fraction of sp³-hybridized carbons (Fsp3) is 0.600. The third-order valence-electron chi connectivity index (χ3n) is 4.18. The fourth-order valence-electron chi connectivity index (χ4n) is 3.08. The van der Waals surface area contributed by atoms with E-state index in [1.807, 2.05) is 0 Å². The molecule has 0 bridgehead atoms. The highest BCUT2D eigenvalue weighted by Crippen LogP contribution is 2.37. The molecule has 5 heteroatoms. The number of ether oxygens (including phenoxy) is 1. The molecular formula is C15H22N2O3. The lowest BCUT2D eigenvalue weighted by Crippen LogP contribution is -2.32. The van der Waals surface area contributed by atoms with Crippen LogP contribution < -0.4 is 10.1 Å². The molecule has 1 aliphatic rings. The minimum Gasteiger partial charge on any atom is -0.490 e. The average molecular weight is 278 g/mol. The number of methoxy groups -OCH3 is 1. The Labute approximate surface area is 119 Å². The molecule has 2 rings (SSSR count). The summed E-state index contributed by atoms with van der Waals surface area (Å²) in [6.45, 7) is 2.19. The summed E-state index contributed by atoms with van der Waals surface area (Å²) in [6.07, 6.45) is 5.83. The predicted octanol–water partition coefficient (Wildman–Crippen LogP) is 3.98. The lowest BCUT2D eigenvalue weighted by Gasteiger charge is -2.32. The van der Waals surface area contributed by atoms with E-state index in [0.717, 1.165) is 12.8 Å². The van der Waals surface area contributed by atoms with Gasteiger partial charge in [-0.1, -0.05) is 32.3 Å². The van der Waals surface area contributed by atoms with Gasteiger partial charge in [-0.3, -0.25) is 10.1 Å². The normalized spacial score (nSPS) is 22.3. The van der Waals surface area contributed by atoms with E-state index < -0.39 is 0 Å². The molecule has 1 aliphatic carbocycles. The molecule has 0 amide bonds. The minimum atomic E-state index is -0.370. The van der Waals surface area contributed by atoms with Crippen LogP contribution in [0.15, 0.2) is 18.2 Å². The van der Waals surface area contributed by atoms with Gasteiger partial charge in [0.25, 0.3) is 0 Å². The Morgan fingerprint density at radius 3 is 2.80 bits per heavy atom. The quantitative estimate of drug-likeness (QED) is 0.653. The second-order valence-electron chi connectivity index (χ2n) is 5.32. The minimum absolute atomic E-state index is 0.0374. The number of hydrogen-bond donors (Lipinski definition) is 1. The fourth-order valence-corrected chi connectivity index (χ4v) is 3.08. The topological polar surface area (TPSA) is 64.4 Å². The third kappa shape index (κ3) is 3.03. The highest BCUT2D eigenvalue weighted by atomic mass is 16.6. The van der Waals surface area contributed by atoms with Gasteiger partial charge in [-0.2, -0.15) is 0 Å². The van der Waals surface area contributed by atoms with Crippen molar-refractivity contribution in [3.63, 3.8) is 0 Å². The van der Waals surface area contributed by atoms with E-state index in [0.29, 0.717) is 23.4 Å². The van der Waals surface area contributed by atoms with Gasteiger partial charge < -0.3 is 10.1 Å². The second kappa shape index (κ2) is 6.59. The highest BCUT2D eigenvalue weighted by Gasteiger charge is 2.27. The van der Waals surface area contributed by atoms with E-state index >= 15 is 0 Å². The molecule has 1 saturated carbocycles. The molecule has 2 unspecified atom stereocenters. The lowest BCUT2D eigenvalue weighted by molar-refractivity contribution is -0.384. The van der Waals surface area contributed by atoms with Crippen molar-refractivity contribution in [2.45, 2.75) is 45.1 Å². The summed E-state index contributed by atoms with van der Waals surface area (Å²) in [5.74, 6) is 0.901. The van der Waals surface area contributed by atoms with Crippen LogP contribution in [0.25, 0.3) is 0 Å². The molecule has 0 saturated heterocycles. The monoisotopic (exact) mass is 278 g/mol. The Balaban J connectivity index is 2.26. The maximum Gasteiger partial charge on any atom is 0.333 e. The molecule has 0 spiro atoms. The van der Waals surface area contributed by atoms with Crippen LogP contribution in [0.4, 0.5) is 11.4 Å². The SMILES string of the molecule is CCC1CCCCC1Nc1cccc(OC)c1[N+](=O)[O-]. The molecule has 5 nitrogen and oxygen atoms in total. The van der Waals surface area contributed by atoms with Crippen LogP contribution in [0.2, 0.25) is 0 Å². The number of benzene rings is 1. The van der Waals surface area contributed by atoms with Gasteiger partial charge >= 0.3 is 5.69 Å². The van der Waals surface area contributed by atoms with Crippen molar-refractivity contribution in [3.05, 3.63) is 28.3 Å². The summed E-state index contributed by atoms with van der Waals surface area (Å²) in [5, 5.41) is 14.7. The molecule has 0 heterocycles. The van der Waals surface area contributed by atoms with E-state index in [-0.39, 0.29) is 10.6 Å². The number of hydrogen-bond acceptors (Lipinski definition) is 4. The summed E-state index contributed by atoms with van der Waals surface area (Å²) >= 11 is 0. The van der Waals surface area contributed by atoms with Crippen molar-refractivity contribution in [3.8, 4) is 5.75 Å². The summed E-state index contributed by atoms with van der Waals surface area (Å²) in [7, 11) is 1.46. The summed E-state index contributed by atoms with van der Waals surface area (Å²) in [4.78, 5) is 10.9. The number of anilines is 1. The number of rotatable bonds is 5. The van der Waals surface area contributed by atoms with Gasteiger partial charge in [0.1, 0.15) is 5.69 Å². The number of nitro groups is 1. The van der Waals surface area contributed by atoms with Gasteiger partial charge in [-0.15, -0.1) is 0 Å². The van der Waals surface area contributed by atoms with Gasteiger partial charge in [-0.25, -0.2) is 0 Å². The van der Waals surface area contributed by atoms with E-state index in [1.165, 1.54) is 26.4 Å². The maximum atomic E-state index is 11.3. The molecular weight excluding hydrogens is 256 g/mol. The van der Waals surface area contributed by atoms with E-state index in [4.69, 9.17) is 4.74 Å². The van der Waals surface area contributed by atoms with E-state index in [1.54, 1.807) is 18.2 Å². The molecule has 0 radical (unpaired) electrons. The second-order valence-corrected chi connectivity index (χ2v) is 5.32. The first-order valence-electron chi connectivity index (χ1n) is 7.25. The van der Waals surface area contributed by atoms with Crippen molar-refractivity contribution in [1.82, 2.24) is 0 Å². The molecule has 1 N–H and O–H groups in total. The molecule has 0 aliphatic heterocycles. The summed E-state index contributed by atoms with van der Waals surface area (Å²) in [6, 6.07) is 5.50. The zero-order valence-corrected chi connectivity index (χ0v) is 12.1. The Hall–Kier alpha value is -1.78. The van der Waals surface area contributed by atoms with Crippen LogP contribution in [0, 0.1) is 16.0 Å². The maximum absolute atomic E-state index is 11.3. The zero-order valence-electron chi connectivity index (χ0n) is 12.1. The molecule has 0 aromatic heterocycles. The first-order valence-corrected chi connectivity index (χ1v) is 7.25. The number of nitro benzene ring substituents is 1. The van der Waals surface area contributed by atoms with Crippen molar-refractivity contribution in [1.29, 1.82) is 0 Å².